The van der Waals surface area contributed by atoms with Crippen molar-refractivity contribution in [3.8, 4) is 0 Å². The lowest BCUT2D eigenvalue weighted by atomic mass is 9.98. The number of hydrogen-bond acceptors (Lipinski definition) is 4. The van der Waals surface area contributed by atoms with Crippen LogP contribution in [0.2, 0.25) is 0 Å². The molecule has 0 aliphatic carbocycles. The van der Waals surface area contributed by atoms with E-state index >= 15 is 0 Å². The van der Waals surface area contributed by atoms with Gasteiger partial charge in [0.25, 0.3) is 0 Å². The zero-order valence-corrected chi connectivity index (χ0v) is 13.2. The Morgan fingerprint density at radius 2 is 2.22 bits per heavy atom. The van der Waals surface area contributed by atoms with Gasteiger partial charge in [0, 0.05) is 32.0 Å². The summed E-state index contributed by atoms with van der Waals surface area (Å²) in [6.45, 7) is 4.17. The van der Waals surface area contributed by atoms with Crippen molar-refractivity contribution >= 4 is 6.03 Å². The molecule has 1 aromatic heterocycles. The number of hydrogen-bond donors (Lipinski definition) is 1. The maximum atomic E-state index is 12.7. The number of likely N-dealkylation sites (tertiary alicyclic amines) is 1. The molecule has 0 spiro atoms. The normalized spacial score (nSPS) is 19.2. The second kappa shape index (κ2) is 7.18. The van der Waals surface area contributed by atoms with Crippen LogP contribution in [0.25, 0.3) is 0 Å². The minimum absolute atomic E-state index is 0.0766. The van der Waals surface area contributed by atoms with Crippen LogP contribution in [-0.4, -0.2) is 46.9 Å². The van der Waals surface area contributed by atoms with E-state index in [4.69, 9.17) is 4.52 Å². The van der Waals surface area contributed by atoms with E-state index in [1.165, 1.54) is 4.90 Å². The number of amides is 2. The van der Waals surface area contributed by atoms with Gasteiger partial charge in [0.1, 0.15) is 0 Å². The molecule has 1 fully saturated rings. The minimum atomic E-state index is -4.25. The summed E-state index contributed by atoms with van der Waals surface area (Å²) in [4.78, 5) is 17.3. The van der Waals surface area contributed by atoms with E-state index in [0.717, 1.165) is 0 Å². The zero-order valence-electron chi connectivity index (χ0n) is 13.2. The van der Waals surface area contributed by atoms with E-state index in [-0.39, 0.29) is 25.4 Å². The maximum absolute atomic E-state index is 12.7. The Bertz CT molecular complexity index is 530. The minimum Gasteiger partial charge on any atom is -0.339 e. The molecular formula is C14H21F3N4O2. The molecule has 0 radical (unpaired) electrons. The summed E-state index contributed by atoms with van der Waals surface area (Å²) in [5, 5.41) is 6.41. The van der Waals surface area contributed by atoms with Gasteiger partial charge in [-0.15, -0.1) is 0 Å². The van der Waals surface area contributed by atoms with E-state index in [2.05, 4.69) is 15.5 Å². The molecule has 1 aliphatic heterocycles. The highest BCUT2D eigenvalue weighted by Gasteiger charge is 2.42. The van der Waals surface area contributed by atoms with Gasteiger partial charge in [-0.25, -0.2) is 4.79 Å². The zero-order chi connectivity index (χ0) is 17.0. The lowest BCUT2D eigenvalue weighted by Gasteiger charge is -2.33. The number of piperidine rings is 1. The first-order chi connectivity index (χ1) is 10.8. The highest BCUT2D eigenvalue weighted by Crippen LogP contribution is 2.33. The molecule has 1 aromatic rings. The summed E-state index contributed by atoms with van der Waals surface area (Å²) in [5.74, 6) is -0.294. The van der Waals surface area contributed by atoms with Gasteiger partial charge >= 0.3 is 12.2 Å². The molecule has 0 bridgehead atoms. The van der Waals surface area contributed by atoms with Crippen LogP contribution in [0.3, 0.4) is 0 Å². The topological polar surface area (TPSA) is 71.3 Å². The predicted octanol–water partition coefficient (Wildman–Crippen LogP) is 2.72. The fraction of sp³-hybridized carbons (Fsp3) is 0.786. The van der Waals surface area contributed by atoms with E-state index in [0.29, 0.717) is 31.1 Å². The molecule has 2 heterocycles. The second-order valence-electron chi connectivity index (χ2n) is 6.01. The largest absolute Gasteiger partial charge is 0.393 e. The lowest BCUT2D eigenvalue weighted by molar-refractivity contribution is -0.183. The third-order valence-corrected chi connectivity index (χ3v) is 3.79. The predicted molar refractivity (Wildman–Crippen MR) is 75.8 cm³/mol. The third kappa shape index (κ3) is 4.84. The van der Waals surface area contributed by atoms with Gasteiger partial charge in [-0.1, -0.05) is 19.0 Å². The molecule has 6 nitrogen and oxygen atoms in total. The van der Waals surface area contributed by atoms with Crippen LogP contribution in [0.15, 0.2) is 4.52 Å². The van der Waals surface area contributed by atoms with Crippen molar-refractivity contribution in [3.63, 3.8) is 0 Å². The number of urea groups is 1. The van der Waals surface area contributed by atoms with Crippen LogP contribution in [0, 0.1) is 5.92 Å². The highest BCUT2D eigenvalue weighted by atomic mass is 19.4. The van der Waals surface area contributed by atoms with E-state index in [9.17, 15) is 18.0 Å². The first-order valence-corrected chi connectivity index (χ1v) is 7.69. The van der Waals surface area contributed by atoms with Crippen molar-refractivity contribution in [2.24, 2.45) is 5.92 Å². The molecule has 130 valence electrons. The number of nitrogens with zero attached hydrogens (tertiary/aromatic N) is 3. The quantitative estimate of drug-likeness (QED) is 0.919. The van der Waals surface area contributed by atoms with Crippen LogP contribution < -0.4 is 5.32 Å². The second-order valence-corrected chi connectivity index (χ2v) is 6.01. The molecule has 1 atom stereocenters. The summed E-state index contributed by atoms with van der Waals surface area (Å²) < 4.78 is 43.2. The molecular weight excluding hydrogens is 313 g/mol. The van der Waals surface area contributed by atoms with Gasteiger partial charge < -0.3 is 14.7 Å². The van der Waals surface area contributed by atoms with Gasteiger partial charge in [0.15, 0.2) is 5.82 Å². The standard InChI is InChI=1S/C14H21F3N4O2/c1-9(2)12-19-11(23-20-12)5-6-18-13(22)21-7-3-4-10(8-21)14(15,16)17/h9-10H,3-8H2,1-2H3,(H,18,22)/t10-/m0/s1. The molecule has 0 aromatic carbocycles. The van der Waals surface area contributed by atoms with Crippen LogP contribution >= 0.6 is 0 Å². The van der Waals surface area contributed by atoms with Crippen molar-refractivity contribution in [1.82, 2.24) is 20.4 Å². The Labute approximate surface area is 132 Å². The van der Waals surface area contributed by atoms with Crippen molar-refractivity contribution in [2.45, 2.75) is 45.2 Å². The Morgan fingerprint density at radius 3 is 2.83 bits per heavy atom. The first-order valence-electron chi connectivity index (χ1n) is 7.69. The van der Waals surface area contributed by atoms with Gasteiger partial charge in [0.05, 0.1) is 5.92 Å². The van der Waals surface area contributed by atoms with Crippen LogP contribution in [0.5, 0.6) is 0 Å². The third-order valence-electron chi connectivity index (χ3n) is 3.79. The molecule has 0 saturated carbocycles. The van der Waals surface area contributed by atoms with Gasteiger partial charge in [-0.2, -0.15) is 18.2 Å². The average molecular weight is 334 g/mol. The molecule has 9 heteroatoms. The summed E-state index contributed by atoms with van der Waals surface area (Å²) in [6, 6.07) is -0.484. The number of carbonyl (C=O) groups excluding carboxylic acids is 1. The monoisotopic (exact) mass is 334 g/mol. The number of alkyl halides is 3. The van der Waals surface area contributed by atoms with E-state index < -0.39 is 18.1 Å². The molecule has 1 saturated heterocycles. The van der Waals surface area contributed by atoms with Gasteiger partial charge in [-0.3, -0.25) is 0 Å². The Morgan fingerprint density at radius 1 is 1.48 bits per heavy atom. The number of halogens is 3. The Hall–Kier alpha value is -1.80. The van der Waals surface area contributed by atoms with Gasteiger partial charge in [-0.05, 0) is 12.8 Å². The number of aromatic nitrogens is 2. The highest BCUT2D eigenvalue weighted by molar-refractivity contribution is 5.74. The number of rotatable bonds is 4. The van der Waals surface area contributed by atoms with Crippen molar-refractivity contribution in [1.29, 1.82) is 0 Å². The van der Waals surface area contributed by atoms with E-state index in [1.54, 1.807) is 0 Å². The number of carbonyl (C=O) groups is 1. The van der Waals surface area contributed by atoms with Gasteiger partial charge in [0.2, 0.25) is 5.89 Å². The SMILES string of the molecule is CC(C)c1noc(CCNC(=O)N2CCC[C@H](C(F)(F)F)C2)n1. The molecule has 1 N–H and O–H groups in total. The number of nitrogens with one attached hydrogen (secondary N) is 1. The van der Waals surface area contributed by atoms with E-state index in [1.807, 2.05) is 13.8 Å². The van der Waals surface area contributed by atoms with Crippen LogP contribution in [0.4, 0.5) is 18.0 Å². The fourth-order valence-electron chi connectivity index (χ4n) is 2.42. The molecule has 23 heavy (non-hydrogen) atoms. The summed E-state index contributed by atoms with van der Waals surface area (Å²) in [7, 11) is 0. The Kier molecular flexibility index (Phi) is 5.48. The van der Waals surface area contributed by atoms with Crippen molar-refractivity contribution in [3.05, 3.63) is 11.7 Å². The lowest BCUT2D eigenvalue weighted by Crippen LogP contribution is -2.48. The van der Waals surface area contributed by atoms with Crippen LogP contribution in [0.1, 0.15) is 44.3 Å². The van der Waals surface area contributed by atoms with Crippen LogP contribution in [-0.2, 0) is 6.42 Å². The maximum Gasteiger partial charge on any atom is 0.393 e. The summed E-state index contributed by atoms with van der Waals surface area (Å²) >= 11 is 0. The smallest absolute Gasteiger partial charge is 0.339 e. The molecule has 0 unspecified atom stereocenters. The van der Waals surface area contributed by atoms with Crippen molar-refractivity contribution < 1.29 is 22.5 Å². The fourth-order valence-corrected chi connectivity index (χ4v) is 2.42. The average Bonchev–Trinajstić information content (AvgIpc) is 2.95. The summed E-state index contributed by atoms with van der Waals surface area (Å²) in [5.41, 5.74) is 0. The molecule has 1 aliphatic rings. The summed E-state index contributed by atoms with van der Waals surface area (Å²) in [6.07, 6.45) is -3.47. The van der Waals surface area contributed by atoms with Crippen molar-refractivity contribution in [2.75, 3.05) is 19.6 Å². The Balaban J connectivity index is 1.78. The first kappa shape index (κ1) is 17.6. The molecule has 2 amide bonds. The molecule has 2 rings (SSSR count).